The summed E-state index contributed by atoms with van der Waals surface area (Å²) in [5.41, 5.74) is 1.49. The van der Waals surface area contributed by atoms with Gasteiger partial charge in [-0.3, -0.25) is 4.79 Å². The van der Waals surface area contributed by atoms with Gasteiger partial charge in [-0.25, -0.2) is 8.42 Å². The third-order valence-electron chi connectivity index (χ3n) is 4.34. The second-order valence-electron chi connectivity index (χ2n) is 6.34. The van der Waals surface area contributed by atoms with E-state index >= 15 is 0 Å². The molecule has 1 heterocycles. The van der Waals surface area contributed by atoms with Crippen molar-refractivity contribution in [3.8, 4) is 0 Å². The van der Waals surface area contributed by atoms with E-state index in [9.17, 15) is 13.2 Å². The van der Waals surface area contributed by atoms with Crippen LogP contribution < -0.4 is 5.32 Å². The Kier molecular flexibility index (Phi) is 6.11. The molecule has 7 heteroatoms. The molecule has 1 fully saturated rings. The molecule has 26 heavy (non-hydrogen) atoms. The Morgan fingerprint density at radius 1 is 1.04 bits per heavy atom. The molecule has 0 saturated carbocycles. The fourth-order valence-corrected chi connectivity index (χ4v) is 4.97. The lowest BCUT2D eigenvalue weighted by Crippen LogP contribution is -2.35. The number of carbonyl (C=O) groups excluding carboxylic acids is 1. The molecule has 138 valence electrons. The fourth-order valence-electron chi connectivity index (χ4n) is 3.00. The number of anilines is 1. The third kappa shape index (κ3) is 4.72. The molecule has 1 amide bonds. The number of hydrogen-bond acceptors (Lipinski definition) is 3. The zero-order valence-corrected chi connectivity index (χ0v) is 16.7. The first kappa shape index (κ1) is 19.1. The first-order valence-corrected chi connectivity index (χ1v) is 10.8. The summed E-state index contributed by atoms with van der Waals surface area (Å²) in [6.45, 7) is 1.15. The Bertz CT molecular complexity index is 876. The van der Waals surface area contributed by atoms with E-state index in [1.807, 2.05) is 24.3 Å². The van der Waals surface area contributed by atoms with Gasteiger partial charge in [0.1, 0.15) is 0 Å². The summed E-state index contributed by atoms with van der Waals surface area (Å²) in [5.74, 6) is -0.144. The summed E-state index contributed by atoms with van der Waals surface area (Å²) < 4.78 is 27.7. The van der Waals surface area contributed by atoms with Crippen LogP contribution in [0.4, 0.5) is 5.69 Å². The number of nitrogens with one attached hydrogen (secondary N) is 1. The van der Waals surface area contributed by atoms with E-state index in [2.05, 4.69) is 21.2 Å². The minimum atomic E-state index is -3.45. The number of hydrogen-bond donors (Lipinski definition) is 1. The monoisotopic (exact) mass is 436 g/mol. The van der Waals surface area contributed by atoms with Crippen molar-refractivity contribution in [1.29, 1.82) is 0 Å². The zero-order valence-electron chi connectivity index (χ0n) is 14.3. The van der Waals surface area contributed by atoms with Gasteiger partial charge in [-0.05, 0) is 54.8 Å². The van der Waals surface area contributed by atoms with E-state index in [0.717, 1.165) is 29.3 Å². The summed E-state index contributed by atoms with van der Waals surface area (Å²) in [6, 6.07) is 13.9. The molecule has 0 radical (unpaired) electrons. The highest BCUT2D eigenvalue weighted by Gasteiger charge is 2.25. The molecular weight excluding hydrogens is 416 g/mol. The van der Waals surface area contributed by atoms with Crippen LogP contribution in [0, 0.1) is 0 Å². The summed E-state index contributed by atoms with van der Waals surface area (Å²) in [6.07, 6.45) is 3.15. The van der Waals surface area contributed by atoms with Gasteiger partial charge >= 0.3 is 0 Å². The van der Waals surface area contributed by atoms with Gasteiger partial charge in [0.15, 0.2) is 0 Å². The first-order chi connectivity index (χ1) is 12.4. The van der Waals surface area contributed by atoms with Crippen molar-refractivity contribution in [3.05, 3.63) is 58.6 Å². The van der Waals surface area contributed by atoms with E-state index < -0.39 is 10.0 Å². The smallest absolute Gasteiger partial charge is 0.243 e. The summed E-state index contributed by atoms with van der Waals surface area (Å²) in [7, 11) is -3.45. The Morgan fingerprint density at radius 2 is 1.73 bits per heavy atom. The Morgan fingerprint density at radius 3 is 2.38 bits per heavy atom. The van der Waals surface area contributed by atoms with Gasteiger partial charge in [-0.15, -0.1) is 0 Å². The molecule has 2 aromatic rings. The SMILES string of the molecule is O=C(Cc1cccc(Br)c1)Nc1ccc(S(=O)(=O)N2CCCCC2)cc1. The number of nitrogens with zero attached hydrogens (tertiary/aromatic N) is 1. The highest BCUT2D eigenvalue weighted by atomic mass is 79.9. The van der Waals surface area contributed by atoms with Crippen molar-refractivity contribution in [3.63, 3.8) is 0 Å². The molecule has 0 atom stereocenters. The maximum Gasteiger partial charge on any atom is 0.243 e. The molecule has 2 aromatic carbocycles. The molecule has 0 aromatic heterocycles. The van der Waals surface area contributed by atoms with Gasteiger partial charge in [-0.1, -0.05) is 34.5 Å². The van der Waals surface area contributed by atoms with Crippen LogP contribution in [0.5, 0.6) is 0 Å². The highest BCUT2D eigenvalue weighted by Crippen LogP contribution is 2.22. The van der Waals surface area contributed by atoms with Crippen LogP contribution in [-0.2, 0) is 21.2 Å². The predicted octanol–water partition coefficient (Wildman–Crippen LogP) is 3.80. The van der Waals surface area contributed by atoms with Crippen LogP contribution in [0.15, 0.2) is 57.9 Å². The molecule has 1 saturated heterocycles. The lowest BCUT2D eigenvalue weighted by Gasteiger charge is -2.25. The van der Waals surface area contributed by atoms with Gasteiger partial charge in [0.05, 0.1) is 11.3 Å². The molecular formula is C19H21BrN2O3S. The fraction of sp³-hybridized carbons (Fsp3) is 0.316. The van der Waals surface area contributed by atoms with Crippen molar-refractivity contribution in [2.24, 2.45) is 0 Å². The normalized spacial score (nSPS) is 15.6. The van der Waals surface area contributed by atoms with Crippen LogP contribution in [0.3, 0.4) is 0 Å². The highest BCUT2D eigenvalue weighted by molar-refractivity contribution is 9.10. The maximum absolute atomic E-state index is 12.6. The second kappa shape index (κ2) is 8.33. The minimum absolute atomic E-state index is 0.144. The standard InChI is InChI=1S/C19H21BrN2O3S/c20-16-6-4-5-15(13-16)14-19(23)21-17-7-9-18(10-8-17)26(24,25)22-11-2-1-3-12-22/h4-10,13H,1-3,11-12,14H2,(H,21,23). The van der Waals surface area contributed by atoms with Gasteiger partial charge in [-0.2, -0.15) is 4.31 Å². The molecule has 3 rings (SSSR count). The quantitative estimate of drug-likeness (QED) is 0.774. The number of amides is 1. The van der Waals surface area contributed by atoms with Crippen molar-refractivity contribution >= 4 is 37.5 Å². The number of benzene rings is 2. The molecule has 0 spiro atoms. The molecule has 0 unspecified atom stereocenters. The molecule has 1 aliphatic rings. The average molecular weight is 437 g/mol. The first-order valence-electron chi connectivity index (χ1n) is 8.60. The Labute approximate surface area is 162 Å². The van der Waals surface area contributed by atoms with Crippen LogP contribution in [0.2, 0.25) is 0 Å². The molecule has 5 nitrogen and oxygen atoms in total. The Balaban J connectivity index is 1.64. The number of sulfonamides is 1. The van der Waals surface area contributed by atoms with E-state index in [1.165, 1.54) is 4.31 Å². The molecule has 1 N–H and O–H groups in total. The molecule has 1 aliphatic heterocycles. The van der Waals surface area contributed by atoms with Crippen molar-refractivity contribution in [2.75, 3.05) is 18.4 Å². The lowest BCUT2D eigenvalue weighted by atomic mass is 10.1. The van der Waals surface area contributed by atoms with Gasteiger partial charge in [0.25, 0.3) is 0 Å². The molecule has 0 aliphatic carbocycles. The summed E-state index contributed by atoms with van der Waals surface area (Å²) in [5, 5.41) is 2.81. The van der Waals surface area contributed by atoms with E-state index in [1.54, 1.807) is 24.3 Å². The van der Waals surface area contributed by atoms with Crippen LogP contribution in [0.25, 0.3) is 0 Å². The zero-order chi connectivity index (χ0) is 18.6. The largest absolute Gasteiger partial charge is 0.326 e. The predicted molar refractivity (Wildman–Crippen MR) is 106 cm³/mol. The van der Waals surface area contributed by atoms with Crippen LogP contribution >= 0.6 is 15.9 Å². The lowest BCUT2D eigenvalue weighted by molar-refractivity contribution is -0.115. The second-order valence-corrected chi connectivity index (χ2v) is 9.20. The van der Waals surface area contributed by atoms with Gasteiger partial charge in [0, 0.05) is 23.2 Å². The van der Waals surface area contributed by atoms with Crippen molar-refractivity contribution in [2.45, 2.75) is 30.6 Å². The third-order valence-corrected chi connectivity index (χ3v) is 6.75. The number of carbonyl (C=O) groups is 1. The molecule has 0 bridgehead atoms. The minimum Gasteiger partial charge on any atom is -0.326 e. The Hall–Kier alpha value is -1.70. The maximum atomic E-state index is 12.6. The van der Waals surface area contributed by atoms with Gasteiger partial charge in [0.2, 0.25) is 15.9 Å². The summed E-state index contributed by atoms with van der Waals surface area (Å²) >= 11 is 3.39. The van der Waals surface area contributed by atoms with Crippen molar-refractivity contribution < 1.29 is 13.2 Å². The number of piperidine rings is 1. The van der Waals surface area contributed by atoms with Crippen LogP contribution in [0.1, 0.15) is 24.8 Å². The average Bonchev–Trinajstić information content (AvgIpc) is 2.63. The van der Waals surface area contributed by atoms with E-state index in [0.29, 0.717) is 18.8 Å². The summed E-state index contributed by atoms with van der Waals surface area (Å²) in [4.78, 5) is 12.4. The number of halogens is 1. The van der Waals surface area contributed by atoms with Crippen molar-refractivity contribution in [1.82, 2.24) is 4.31 Å². The topological polar surface area (TPSA) is 66.5 Å². The number of rotatable bonds is 5. The van der Waals surface area contributed by atoms with E-state index in [-0.39, 0.29) is 17.2 Å². The van der Waals surface area contributed by atoms with Gasteiger partial charge < -0.3 is 5.32 Å². The van der Waals surface area contributed by atoms with Crippen LogP contribution in [-0.4, -0.2) is 31.7 Å². The van der Waals surface area contributed by atoms with E-state index in [4.69, 9.17) is 0 Å².